The topological polar surface area (TPSA) is 34.4 Å². The summed E-state index contributed by atoms with van der Waals surface area (Å²) in [4.78, 5) is 17.3. The smallest absolute Gasteiger partial charge is 0.258 e. The zero-order valence-electron chi connectivity index (χ0n) is 13.9. The molecule has 3 nitrogen and oxygen atoms in total. The van der Waals surface area contributed by atoms with Crippen LogP contribution >= 0.6 is 23.1 Å². The maximum atomic E-state index is 12.2. The fourth-order valence-electron chi connectivity index (χ4n) is 2.65. The minimum Gasteiger partial charge on any atom is -0.319 e. The molecule has 0 unspecified atom stereocenters. The lowest BCUT2D eigenvalue weighted by Crippen LogP contribution is -2.14. The molecule has 124 valence electrons. The third kappa shape index (κ3) is 3.79. The summed E-state index contributed by atoms with van der Waals surface area (Å²) in [6.45, 7) is 2.15. The van der Waals surface area contributed by atoms with Crippen LogP contribution in [0.15, 0.2) is 53.5 Å². The van der Waals surface area contributed by atoms with Gasteiger partial charge in [0.1, 0.15) is 0 Å². The second kappa shape index (κ2) is 7.81. The molecule has 0 bridgehead atoms. The number of aryl methyl sites for hydroxylation is 2. The molecule has 0 saturated heterocycles. The molecule has 3 aromatic rings. The van der Waals surface area contributed by atoms with Crippen LogP contribution in [-0.4, -0.2) is 16.2 Å². The van der Waals surface area contributed by atoms with E-state index in [1.54, 1.807) is 23.1 Å². The fourth-order valence-corrected chi connectivity index (χ4v) is 4.50. The molecule has 0 spiro atoms. The molecule has 1 amide bonds. The number of para-hydroxylation sites is 1. The highest BCUT2D eigenvalue weighted by atomic mass is 32.2. The summed E-state index contributed by atoms with van der Waals surface area (Å²) in [5, 5.41) is 0. The Morgan fingerprint density at radius 1 is 1.17 bits per heavy atom. The number of fused-ring (bicyclic) bond motifs is 1. The van der Waals surface area contributed by atoms with Crippen molar-refractivity contribution in [3.05, 3.63) is 64.5 Å². The molecule has 24 heavy (non-hydrogen) atoms. The van der Waals surface area contributed by atoms with Gasteiger partial charge in [-0.3, -0.25) is 4.79 Å². The summed E-state index contributed by atoms with van der Waals surface area (Å²) in [7, 11) is 1.99. The quantitative estimate of drug-likeness (QED) is 0.688. The molecule has 1 aromatic heterocycles. The molecule has 5 heteroatoms. The Bertz CT molecular complexity index is 910. The minimum atomic E-state index is -0.0730. The van der Waals surface area contributed by atoms with Crippen molar-refractivity contribution in [3.63, 3.8) is 0 Å². The van der Waals surface area contributed by atoms with Crippen LogP contribution in [0.1, 0.15) is 18.1 Å². The lowest BCUT2D eigenvalue weighted by molar-refractivity contribution is -0.115. The molecule has 0 aliphatic heterocycles. The van der Waals surface area contributed by atoms with Crippen molar-refractivity contribution < 1.29 is 4.79 Å². The second-order valence-corrected chi connectivity index (χ2v) is 7.54. The Labute approximate surface area is 150 Å². The van der Waals surface area contributed by atoms with Gasteiger partial charge in [0.15, 0.2) is 4.80 Å². The third-order valence-corrected chi connectivity index (χ3v) is 5.93. The predicted octanol–water partition coefficient (Wildman–Crippen LogP) is 4.16. The monoisotopic (exact) mass is 356 g/mol. The number of thiazole rings is 1. The van der Waals surface area contributed by atoms with Crippen molar-refractivity contribution in [2.45, 2.75) is 19.1 Å². The third-order valence-electron chi connectivity index (χ3n) is 3.84. The molecule has 1 heterocycles. The van der Waals surface area contributed by atoms with Crippen molar-refractivity contribution in [2.24, 2.45) is 12.0 Å². The lowest BCUT2D eigenvalue weighted by atomic mass is 10.1. The summed E-state index contributed by atoms with van der Waals surface area (Å²) in [6.07, 6.45) is 0.974. The maximum absolute atomic E-state index is 12.2. The molecule has 0 radical (unpaired) electrons. The van der Waals surface area contributed by atoms with E-state index in [4.69, 9.17) is 0 Å². The Hall–Kier alpha value is -1.85. The van der Waals surface area contributed by atoms with E-state index in [0.717, 1.165) is 17.0 Å². The lowest BCUT2D eigenvalue weighted by Gasteiger charge is -2.02. The van der Waals surface area contributed by atoms with E-state index >= 15 is 0 Å². The maximum Gasteiger partial charge on any atom is 0.258 e. The second-order valence-electron chi connectivity index (χ2n) is 5.55. The summed E-state index contributed by atoms with van der Waals surface area (Å²) in [5.41, 5.74) is 3.71. The Morgan fingerprint density at radius 3 is 2.71 bits per heavy atom. The van der Waals surface area contributed by atoms with Crippen molar-refractivity contribution in [1.29, 1.82) is 0 Å². The predicted molar refractivity (Wildman–Crippen MR) is 103 cm³/mol. The first-order chi connectivity index (χ1) is 11.7. The van der Waals surface area contributed by atoms with Gasteiger partial charge in [-0.1, -0.05) is 60.7 Å². The Morgan fingerprint density at radius 2 is 1.96 bits per heavy atom. The number of carbonyl (C=O) groups excluding carboxylic acids is 1. The number of hydrogen-bond acceptors (Lipinski definition) is 3. The van der Waals surface area contributed by atoms with Crippen LogP contribution in [-0.2, 0) is 24.0 Å². The van der Waals surface area contributed by atoms with Gasteiger partial charge in [-0.25, -0.2) is 0 Å². The highest BCUT2D eigenvalue weighted by molar-refractivity contribution is 7.99. The van der Waals surface area contributed by atoms with Crippen LogP contribution in [0.2, 0.25) is 0 Å². The number of aromatic nitrogens is 1. The van der Waals surface area contributed by atoms with Gasteiger partial charge in [-0.15, -0.1) is 11.8 Å². The summed E-state index contributed by atoms with van der Waals surface area (Å²) >= 11 is 3.18. The van der Waals surface area contributed by atoms with Crippen molar-refractivity contribution in [3.8, 4) is 0 Å². The minimum absolute atomic E-state index is 0.0730. The molecule has 0 N–H and O–H groups in total. The molecule has 0 atom stereocenters. The van der Waals surface area contributed by atoms with Crippen molar-refractivity contribution >= 4 is 39.2 Å². The number of benzene rings is 2. The molecule has 3 rings (SSSR count). The summed E-state index contributed by atoms with van der Waals surface area (Å²) < 4.78 is 3.22. The molecule has 0 aliphatic carbocycles. The van der Waals surface area contributed by atoms with Gasteiger partial charge in [-0.05, 0) is 23.6 Å². The first kappa shape index (κ1) is 17.0. The molecular weight excluding hydrogens is 336 g/mol. The first-order valence-electron chi connectivity index (χ1n) is 7.95. The van der Waals surface area contributed by atoms with Crippen LogP contribution in [0.25, 0.3) is 10.2 Å². The summed E-state index contributed by atoms with van der Waals surface area (Å²) in [5.74, 6) is 1.17. The zero-order valence-corrected chi connectivity index (χ0v) is 15.5. The van der Waals surface area contributed by atoms with E-state index in [2.05, 4.69) is 42.2 Å². The van der Waals surface area contributed by atoms with Gasteiger partial charge in [0.25, 0.3) is 5.91 Å². The highest BCUT2D eigenvalue weighted by Gasteiger charge is 2.08. The number of amides is 1. The van der Waals surface area contributed by atoms with E-state index in [1.165, 1.54) is 21.3 Å². The van der Waals surface area contributed by atoms with Crippen LogP contribution < -0.4 is 4.80 Å². The van der Waals surface area contributed by atoms with E-state index in [1.807, 2.05) is 29.8 Å². The molecule has 0 saturated carbocycles. The van der Waals surface area contributed by atoms with Crippen LogP contribution in [0.5, 0.6) is 0 Å². The SMILES string of the molecule is CCc1cccc2sc(=NC(=O)CSCc3ccccc3)n(C)c12. The van der Waals surface area contributed by atoms with E-state index in [-0.39, 0.29) is 5.91 Å². The standard InChI is InChI=1S/C19H20N2OS2/c1-3-15-10-7-11-16-18(15)21(2)19(24-16)20-17(22)13-23-12-14-8-5-4-6-9-14/h4-11H,3,12-13H2,1-2H3. The van der Waals surface area contributed by atoms with Crippen LogP contribution in [0.4, 0.5) is 0 Å². The van der Waals surface area contributed by atoms with Crippen LogP contribution in [0.3, 0.4) is 0 Å². The van der Waals surface area contributed by atoms with Gasteiger partial charge < -0.3 is 4.57 Å². The van der Waals surface area contributed by atoms with E-state index in [9.17, 15) is 4.79 Å². The van der Waals surface area contributed by atoms with E-state index < -0.39 is 0 Å². The van der Waals surface area contributed by atoms with Gasteiger partial charge in [-0.2, -0.15) is 4.99 Å². The van der Waals surface area contributed by atoms with Gasteiger partial charge in [0.2, 0.25) is 0 Å². The molecule has 2 aromatic carbocycles. The number of hydrogen-bond donors (Lipinski definition) is 0. The molecule has 0 fully saturated rings. The van der Waals surface area contributed by atoms with Gasteiger partial charge in [0, 0.05) is 12.8 Å². The Kier molecular flexibility index (Phi) is 5.53. The normalized spacial score (nSPS) is 12.0. The number of thioether (sulfide) groups is 1. The highest BCUT2D eigenvalue weighted by Crippen LogP contribution is 2.21. The van der Waals surface area contributed by atoms with Crippen molar-refractivity contribution in [2.75, 3.05) is 5.75 Å². The molecule has 0 aliphatic rings. The average Bonchev–Trinajstić information content (AvgIpc) is 2.92. The zero-order chi connectivity index (χ0) is 16.9. The average molecular weight is 357 g/mol. The van der Waals surface area contributed by atoms with E-state index in [0.29, 0.717) is 5.75 Å². The number of rotatable bonds is 5. The molecular formula is C19H20N2OS2. The van der Waals surface area contributed by atoms with Crippen molar-refractivity contribution in [1.82, 2.24) is 4.57 Å². The van der Waals surface area contributed by atoms with Crippen LogP contribution in [0, 0.1) is 0 Å². The van der Waals surface area contributed by atoms with Gasteiger partial charge >= 0.3 is 0 Å². The number of carbonyl (C=O) groups is 1. The first-order valence-corrected chi connectivity index (χ1v) is 9.93. The fraction of sp³-hybridized carbons (Fsp3) is 0.263. The Balaban J connectivity index is 1.75. The van der Waals surface area contributed by atoms with Gasteiger partial charge in [0.05, 0.1) is 16.0 Å². The number of nitrogens with zero attached hydrogens (tertiary/aromatic N) is 2. The summed E-state index contributed by atoms with van der Waals surface area (Å²) in [6, 6.07) is 16.5. The largest absolute Gasteiger partial charge is 0.319 e.